The smallest absolute Gasteiger partial charge is 0.259 e. The van der Waals surface area contributed by atoms with E-state index < -0.39 is 0 Å². The van der Waals surface area contributed by atoms with Crippen molar-refractivity contribution in [2.24, 2.45) is 5.92 Å². The SMILES string of the molecule is C/C=C/c1cnc2c(c1)C(=O)N([C@H](C)CO)C[C@@H](C)[C@H](CN(C)C(=O)CN1CCOCC1)O2. The highest BCUT2D eigenvalue weighted by Gasteiger charge is 2.34. The maximum atomic E-state index is 13.3. The van der Waals surface area contributed by atoms with Gasteiger partial charge in [0.2, 0.25) is 11.8 Å². The van der Waals surface area contributed by atoms with Gasteiger partial charge in [-0.3, -0.25) is 14.5 Å². The molecule has 33 heavy (non-hydrogen) atoms. The summed E-state index contributed by atoms with van der Waals surface area (Å²) in [4.78, 5) is 36.1. The summed E-state index contributed by atoms with van der Waals surface area (Å²) in [5.74, 6) is -0.0174. The Balaban J connectivity index is 1.82. The van der Waals surface area contributed by atoms with Crippen LogP contribution in [0.4, 0.5) is 0 Å². The van der Waals surface area contributed by atoms with E-state index in [-0.39, 0.29) is 42.4 Å². The van der Waals surface area contributed by atoms with Crippen molar-refractivity contribution < 1.29 is 24.2 Å². The predicted molar refractivity (Wildman–Crippen MR) is 125 cm³/mol. The van der Waals surface area contributed by atoms with Gasteiger partial charge in [-0.25, -0.2) is 4.98 Å². The van der Waals surface area contributed by atoms with Gasteiger partial charge in [-0.05, 0) is 25.5 Å². The quantitative estimate of drug-likeness (QED) is 0.652. The standard InChI is InChI=1S/C24H36N4O5/c1-5-6-19-11-20-23(25-12-19)33-21(17(2)13-28(24(20)31)18(3)16-29)14-26(4)22(30)15-27-7-9-32-10-8-27/h5-6,11-12,17-18,21,29H,7-10,13-16H2,1-4H3/b6-5+/t17-,18-,21+/m1/s1. The molecule has 0 spiro atoms. The number of carbonyl (C=O) groups is 2. The molecule has 0 radical (unpaired) electrons. The molecular weight excluding hydrogens is 424 g/mol. The van der Waals surface area contributed by atoms with Crippen LogP contribution < -0.4 is 4.74 Å². The van der Waals surface area contributed by atoms with Crippen LogP contribution in [0.25, 0.3) is 6.08 Å². The van der Waals surface area contributed by atoms with Crippen LogP contribution in [0.1, 0.15) is 36.7 Å². The molecule has 9 nitrogen and oxygen atoms in total. The number of fused-ring (bicyclic) bond motifs is 1. The number of hydrogen-bond donors (Lipinski definition) is 1. The van der Waals surface area contributed by atoms with E-state index in [1.807, 2.05) is 32.9 Å². The van der Waals surface area contributed by atoms with Gasteiger partial charge in [-0.2, -0.15) is 0 Å². The van der Waals surface area contributed by atoms with Gasteiger partial charge < -0.3 is 24.4 Å². The third-order valence-electron chi connectivity index (χ3n) is 6.24. The summed E-state index contributed by atoms with van der Waals surface area (Å²) >= 11 is 0. The van der Waals surface area contributed by atoms with Crippen LogP contribution >= 0.6 is 0 Å². The second-order valence-electron chi connectivity index (χ2n) is 8.91. The number of amides is 2. The average Bonchev–Trinajstić information content (AvgIpc) is 2.82. The number of nitrogens with zero attached hydrogens (tertiary/aromatic N) is 4. The zero-order chi connectivity index (χ0) is 24.0. The van der Waals surface area contributed by atoms with E-state index in [1.54, 1.807) is 29.1 Å². The highest BCUT2D eigenvalue weighted by Crippen LogP contribution is 2.27. The fourth-order valence-corrected chi connectivity index (χ4v) is 4.06. The first kappa shape index (κ1) is 25.1. The topological polar surface area (TPSA) is 95.4 Å². The molecule has 2 aliphatic heterocycles. The van der Waals surface area contributed by atoms with Crippen LogP contribution in [-0.4, -0.2) is 108 Å². The molecule has 1 N–H and O–H groups in total. The number of ether oxygens (including phenoxy) is 2. The van der Waals surface area contributed by atoms with E-state index in [9.17, 15) is 14.7 Å². The van der Waals surface area contributed by atoms with Crippen LogP contribution in [0, 0.1) is 5.92 Å². The van der Waals surface area contributed by atoms with Crippen molar-refractivity contribution in [3.63, 3.8) is 0 Å². The van der Waals surface area contributed by atoms with Gasteiger partial charge in [0.1, 0.15) is 11.7 Å². The lowest BCUT2D eigenvalue weighted by Crippen LogP contribution is -2.51. The lowest BCUT2D eigenvalue weighted by atomic mass is 10.00. The molecule has 1 saturated heterocycles. The lowest BCUT2D eigenvalue weighted by molar-refractivity contribution is -0.133. The highest BCUT2D eigenvalue weighted by atomic mass is 16.5. The van der Waals surface area contributed by atoms with Gasteiger partial charge in [-0.1, -0.05) is 19.1 Å². The van der Waals surface area contributed by atoms with Crippen molar-refractivity contribution in [3.8, 4) is 5.88 Å². The third kappa shape index (κ3) is 6.31. The number of likely N-dealkylation sites (N-methyl/N-ethyl adjacent to an activating group) is 1. The molecule has 0 aromatic carbocycles. The Hall–Kier alpha value is -2.49. The zero-order valence-corrected chi connectivity index (χ0v) is 20.1. The van der Waals surface area contributed by atoms with E-state index >= 15 is 0 Å². The van der Waals surface area contributed by atoms with Gasteiger partial charge in [0.25, 0.3) is 5.91 Å². The molecule has 0 bridgehead atoms. The van der Waals surface area contributed by atoms with Crippen molar-refractivity contribution in [1.29, 1.82) is 0 Å². The second-order valence-corrected chi connectivity index (χ2v) is 8.91. The summed E-state index contributed by atoms with van der Waals surface area (Å²) in [6, 6.07) is 1.42. The van der Waals surface area contributed by atoms with E-state index in [1.165, 1.54) is 0 Å². The minimum absolute atomic E-state index is 0.0167. The number of rotatable bonds is 7. The number of allylic oxidation sites excluding steroid dienone is 1. The van der Waals surface area contributed by atoms with E-state index in [2.05, 4.69) is 9.88 Å². The van der Waals surface area contributed by atoms with E-state index in [0.717, 1.165) is 18.7 Å². The van der Waals surface area contributed by atoms with E-state index in [4.69, 9.17) is 9.47 Å². The number of carbonyl (C=O) groups excluding carboxylic acids is 2. The molecule has 1 aromatic rings. The molecular formula is C24H36N4O5. The molecule has 1 aromatic heterocycles. The Kier molecular flexibility index (Phi) is 8.82. The second kappa shape index (κ2) is 11.6. The molecule has 3 rings (SSSR count). The Morgan fingerprint density at radius 1 is 1.39 bits per heavy atom. The number of hydrogen-bond acceptors (Lipinski definition) is 7. The lowest BCUT2D eigenvalue weighted by Gasteiger charge is -2.38. The summed E-state index contributed by atoms with van der Waals surface area (Å²) in [6.07, 6.45) is 5.06. The largest absolute Gasteiger partial charge is 0.472 e. The van der Waals surface area contributed by atoms with Gasteiger partial charge in [0.05, 0.1) is 39.0 Å². The van der Waals surface area contributed by atoms with Gasteiger partial charge in [0.15, 0.2) is 0 Å². The Labute approximate surface area is 196 Å². The molecule has 9 heteroatoms. The first-order valence-corrected chi connectivity index (χ1v) is 11.6. The zero-order valence-electron chi connectivity index (χ0n) is 20.1. The molecule has 182 valence electrons. The first-order chi connectivity index (χ1) is 15.8. The first-order valence-electron chi connectivity index (χ1n) is 11.6. The van der Waals surface area contributed by atoms with Crippen molar-refractivity contribution in [2.45, 2.75) is 32.9 Å². The summed E-state index contributed by atoms with van der Waals surface area (Å²) in [7, 11) is 1.78. The summed E-state index contributed by atoms with van der Waals surface area (Å²) < 4.78 is 11.6. The Morgan fingerprint density at radius 3 is 2.79 bits per heavy atom. The molecule has 3 heterocycles. The number of morpholine rings is 1. The number of aromatic nitrogens is 1. The molecule has 3 atom stereocenters. The Morgan fingerprint density at radius 2 is 2.12 bits per heavy atom. The fraction of sp³-hybridized carbons (Fsp3) is 0.625. The van der Waals surface area contributed by atoms with Crippen LogP contribution in [0.5, 0.6) is 5.88 Å². The molecule has 0 unspecified atom stereocenters. The van der Waals surface area contributed by atoms with Crippen LogP contribution in [0.3, 0.4) is 0 Å². The summed E-state index contributed by atoms with van der Waals surface area (Å²) in [6.45, 7) is 9.48. The maximum absolute atomic E-state index is 13.3. The van der Waals surface area contributed by atoms with Crippen LogP contribution in [0.2, 0.25) is 0 Å². The normalized spacial score (nSPS) is 22.9. The molecule has 0 aliphatic carbocycles. The van der Waals surface area contributed by atoms with Crippen molar-refractivity contribution in [1.82, 2.24) is 19.7 Å². The minimum atomic E-state index is -0.357. The number of pyridine rings is 1. The molecule has 0 saturated carbocycles. The molecule has 2 amide bonds. The van der Waals surface area contributed by atoms with Crippen molar-refractivity contribution in [3.05, 3.63) is 29.5 Å². The minimum Gasteiger partial charge on any atom is -0.472 e. The summed E-state index contributed by atoms with van der Waals surface area (Å²) in [5.41, 5.74) is 1.16. The van der Waals surface area contributed by atoms with Gasteiger partial charge in [0, 0.05) is 38.8 Å². The average molecular weight is 461 g/mol. The van der Waals surface area contributed by atoms with Crippen molar-refractivity contribution in [2.75, 3.05) is 59.6 Å². The van der Waals surface area contributed by atoms with Crippen molar-refractivity contribution >= 4 is 17.9 Å². The number of aliphatic hydroxyl groups excluding tert-OH is 1. The third-order valence-corrected chi connectivity index (χ3v) is 6.24. The van der Waals surface area contributed by atoms with Gasteiger partial charge in [-0.15, -0.1) is 0 Å². The monoisotopic (exact) mass is 460 g/mol. The summed E-state index contributed by atoms with van der Waals surface area (Å²) in [5, 5.41) is 9.76. The predicted octanol–water partition coefficient (Wildman–Crippen LogP) is 1.13. The molecule has 2 aliphatic rings. The fourth-order valence-electron chi connectivity index (χ4n) is 4.06. The maximum Gasteiger partial charge on any atom is 0.259 e. The van der Waals surface area contributed by atoms with E-state index in [0.29, 0.717) is 38.4 Å². The van der Waals surface area contributed by atoms with Gasteiger partial charge >= 0.3 is 0 Å². The van der Waals surface area contributed by atoms with Crippen LogP contribution in [-0.2, 0) is 9.53 Å². The highest BCUT2D eigenvalue weighted by molar-refractivity contribution is 5.97. The molecule has 1 fully saturated rings. The van der Waals surface area contributed by atoms with Crippen LogP contribution in [0.15, 0.2) is 18.3 Å². The number of aliphatic hydroxyl groups is 1. The Bertz CT molecular complexity index is 855.